The van der Waals surface area contributed by atoms with Gasteiger partial charge in [0.05, 0.1) is 12.6 Å². The molecule has 0 aromatic carbocycles. The summed E-state index contributed by atoms with van der Waals surface area (Å²) in [6.07, 6.45) is 2.62. The number of tetrazole rings is 1. The summed E-state index contributed by atoms with van der Waals surface area (Å²) in [5, 5.41) is 14.6. The molecule has 0 saturated carbocycles. The maximum Gasteiger partial charge on any atom is 0.220 e. The average molecular weight is 363 g/mol. The molecule has 0 spiro atoms. The second-order valence-corrected chi connectivity index (χ2v) is 8.16. The largest absolute Gasteiger partial charge is 0.369 e. The van der Waals surface area contributed by atoms with Gasteiger partial charge in [-0.1, -0.05) is 19.9 Å². The van der Waals surface area contributed by atoms with Crippen LogP contribution in [0.15, 0.2) is 17.5 Å². The van der Waals surface area contributed by atoms with E-state index in [0.717, 1.165) is 38.2 Å². The lowest BCUT2D eigenvalue weighted by Crippen LogP contribution is -2.41. The molecule has 25 heavy (non-hydrogen) atoms. The monoisotopic (exact) mass is 362 g/mol. The quantitative estimate of drug-likeness (QED) is 0.814. The van der Waals surface area contributed by atoms with E-state index in [2.05, 4.69) is 45.7 Å². The summed E-state index contributed by atoms with van der Waals surface area (Å²) in [6.45, 7) is 6.85. The van der Waals surface area contributed by atoms with E-state index >= 15 is 0 Å². The maximum atomic E-state index is 11.4. The normalized spacial score (nSPS) is 17.9. The fourth-order valence-corrected chi connectivity index (χ4v) is 4.16. The number of amides is 1. The topological polar surface area (TPSA) is 89.9 Å². The number of likely N-dealkylation sites (tertiary alicyclic amines) is 1. The second-order valence-electron chi connectivity index (χ2n) is 7.13. The summed E-state index contributed by atoms with van der Waals surface area (Å²) >= 11 is 1.71. The van der Waals surface area contributed by atoms with Crippen LogP contribution in [0.5, 0.6) is 0 Å². The van der Waals surface area contributed by atoms with Crippen LogP contribution in [0.25, 0.3) is 0 Å². The van der Waals surface area contributed by atoms with E-state index in [1.165, 1.54) is 4.88 Å². The van der Waals surface area contributed by atoms with Crippen LogP contribution in [0, 0.1) is 11.8 Å². The molecule has 1 aliphatic rings. The van der Waals surface area contributed by atoms with Crippen molar-refractivity contribution in [3.05, 3.63) is 28.2 Å². The Morgan fingerprint density at radius 2 is 2.16 bits per heavy atom. The number of carbonyl (C=O) groups excluding carboxylic acids is 1. The third-order valence-electron chi connectivity index (χ3n) is 4.81. The Kier molecular flexibility index (Phi) is 5.80. The molecule has 3 rings (SSSR count). The molecule has 0 radical (unpaired) electrons. The van der Waals surface area contributed by atoms with Gasteiger partial charge in [0.25, 0.3) is 0 Å². The summed E-state index contributed by atoms with van der Waals surface area (Å²) in [5.41, 5.74) is 5.47. The molecule has 1 aliphatic heterocycles. The van der Waals surface area contributed by atoms with Crippen molar-refractivity contribution in [1.82, 2.24) is 25.1 Å². The lowest BCUT2D eigenvalue weighted by molar-refractivity contribution is -0.123. The zero-order valence-electron chi connectivity index (χ0n) is 14.8. The average Bonchev–Trinajstić information content (AvgIpc) is 3.25. The first kappa shape index (κ1) is 18.0. The number of primary amides is 1. The van der Waals surface area contributed by atoms with Gasteiger partial charge in [0.1, 0.15) is 0 Å². The molecule has 8 heteroatoms. The van der Waals surface area contributed by atoms with E-state index in [1.54, 1.807) is 11.3 Å². The van der Waals surface area contributed by atoms with Crippen LogP contribution in [-0.2, 0) is 11.3 Å². The molecule has 1 unspecified atom stereocenters. The first-order chi connectivity index (χ1) is 12.0. The van der Waals surface area contributed by atoms with Gasteiger partial charge in [-0.15, -0.1) is 16.4 Å². The lowest BCUT2D eigenvalue weighted by Gasteiger charge is -2.36. The van der Waals surface area contributed by atoms with Gasteiger partial charge >= 0.3 is 0 Å². The van der Waals surface area contributed by atoms with Crippen molar-refractivity contribution in [3.63, 3.8) is 0 Å². The summed E-state index contributed by atoms with van der Waals surface area (Å²) in [5.74, 6) is 1.27. The Balaban J connectivity index is 1.77. The van der Waals surface area contributed by atoms with Crippen LogP contribution in [0.2, 0.25) is 0 Å². The standard InChI is InChI=1S/C17H26N6OS/c1-12(2)10-15(22-7-5-13(6-8-22)16(18)24)17-19-20-21-23(17)11-14-4-3-9-25-14/h3-4,9,12-13,15H,5-8,10-11H2,1-2H3,(H2,18,24). The number of nitrogens with zero attached hydrogens (tertiary/aromatic N) is 5. The van der Waals surface area contributed by atoms with Gasteiger partial charge in [-0.2, -0.15) is 0 Å². The number of carbonyl (C=O) groups is 1. The van der Waals surface area contributed by atoms with Crippen molar-refractivity contribution < 1.29 is 4.79 Å². The minimum Gasteiger partial charge on any atom is -0.369 e. The highest BCUT2D eigenvalue weighted by Gasteiger charge is 2.31. The van der Waals surface area contributed by atoms with Gasteiger partial charge in [-0.3, -0.25) is 9.69 Å². The number of hydrogen-bond acceptors (Lipinski definition) is 6. The molecule has 136 valence electrons. The molecule has 1 fully saturated rings. The smallest absolute Gasteiger partial charge is 0.220 e. The molecular formula is C17H26N6OS. The van der Waals surface area contributed by atoms with Crippen molar-refractivity contribution in [1.29, 1.82) is 0 Å². The summed E-state index contributed by atoms with van der Waals surface area (Å²) in [7, 11) is 0. The Hall–Kier alpha value is -1.80. The van der Waals surface area contributed by atoms with Crippen LogP contribution < -0.4 is 5.73 Å². The Morgan fingerprint density at radius 1 is 1.40 bits per heavy atom. The van der Waals surface area contributed by atoms with E-state index in [1.807, 2.05) is 10.7 Å². The van der Waals surface area contributed by atoms with Crippen LogP contribution >= 0.6 is 11.3 Å². The van der Waals surface area contributed by atoms with Crippen molar-refractivity contribution in [2.24, 2.45) is 17.6 Å². The fourth-order valence-electron chi connectivity index (χ4n) is 3.47. The van der Waals surface area contributed by atoms with Gasteiger partial charge in [0, 0.05) is 10.8 Å². The molecule has 1 atom stereocenters. The maximum absolute atomic E-state index is 11.4. The van der Waals surface area contributed by atoms with E-state index in [4.69, 9.17) is 5.73 Å². The lowest BCUT2D eigenvalue weighted by atomic mass is 9.93. The summed E-state index contributed by atoms with van der Waals surface area (Å²) < 4.78 is 1.92. The van der Waals surface area contributed by atoms with Crippen LogP contribution in [0.1, 0.15) is 49.9 Å². The van der Waals surface area contributed by atoms with Crippen LogP contribution in [0.3, 0.4) is 0 Å². The van der Waals surface area contributed by atoms with Crippen LogP contribution in [0.4, 0.5) is 0 Å². The van der Waals surface area contributed by atoms with Crippen molar-refractivity contribution >= 4 is 17.2 Å². The number of hydrogen-bond donors (Lipinski definition) is 1. The molecular weight excluding hydrogens is 336 g/mol. The molecule has 0 aliphatic carbocycles. The van der Waals surface area contributed by atoms with Crippen LogP contribution in [-0.4, -0.2) is 44.1 Å². The van der Waals surface area contributed by atoms with E-state index in [9.17, 15) is 4.79 Å². The first-order valence-electron chi connectivity index (χ1n) is 8.86. The molecule has 7 nitrogen and oxygen atoms in total. The Morgan fingerprint density at radius 3 is 2.76 bits per heavy atom. The fraction of sp³-hybridized carbons (Fsp3) is 0.647. The third kappa shape index (κ3) is 4.43. The van der Waals surface area contributed by atoms with E-state index < -0.39 is 0 Å². The minimum atomic E-state index is -0.178. The Labute approximate surface area is 152 Å². The molecule has 2 aromatic rings. The zero-order chi connectivity index (χ0) is 17.8. The first-order valence-corrected chi connectivity index (χ1v) is 9.74. The van der Waals surface area contributed by atoms with Gasteiger partial charge in [0.2, 0.25) is 5.91 Å². The van der Waals surface area contributed by atoms with E-state index in [-0.39, 0.29) is 17.9 Å². The van der Waals surface area contributed by atoms with Crippen molar-refractivity contribution in [2.75, 3.05) is 13.1 Å². The number of piperidine rings is 1. The van der Waals surface area contributed by atoms with Gasteiger partial charge < -0.3 is 5.73 Å². The predicted octanol–water partition coefficient (Wildman–Crippen LogP) is 2.07. The highest BCUT2D eigenvalue weighted by atomic mass is 32.1. The molecule has 2 N–H and O–H groups in total. The van der Waals surface area contributed by atoms with Crippen molar-refractivity contribution in [2.45, 2.75) is 45.7 Å². The molecule has 1 amide bonds. The number of nitrogens with two attached hydrogens (primary N) is 1. The molecule has 0 bridgehead atoms. The third-order valence-corrected chi connectivity index (χ3v) is 5.67. The molecule has 1 saturated heterocycles. The Bertz CT molecular complexity index is 675. The highest BCUT2D eigenvalue weighted by Crippen LogP contribution is 2.30. The number of aromatic nitrogens is 4. The summed E-state index contributed by atoms with van der Waals surface area (Å²) in [6, 6.07) is 4.32. The molecule has 2 aromatic heterocycles. The predicted molar refractivity (Wildman–Crippen MR) is 96.9 cm³/mol. The number of thiophene rings is 1. The second kappa shape index (κ2) is 8.05. The molecule has 3 heterocycles. The van der Waals surface area contributed by atoms with Gasteiger partial charge in [-0.25, -0.2) is 4.68 Å². The van der Waals surface area contributed by atoms with Gasteiger partial charge in [-0.05, 0) is 60.1 Å². The minimum absolute atomic E-state index is 0.00179. The summed E-state index contributed by atoms with van der Waals surface area (Å²) in [4.78, 5) is 15.1. The highest BCUT2D eigenvalue weighted by molar-refractivity contribution is 7.09. The van der Waals surface area contributed by atoms with E-state index in [0.29, 0.717) is 12.5 Å². The van der Waals surface area contributed by atoms with Gasteiger partial charge in [0.15, 0.2) is 5.82 Å². The number of rotatable bonds is 7. The van der Waals surface area contributed by atoms with Crippen molar-refractivity contribution in [3.8, 4) is 0 Å². The SMILES string of the molecule is CC(C)CC(c1nnnn1Cc1cccs1)N1CCC(C(N)=O)CC1. The zero-order valence-corrected chi connectivity index (χ0v) is 15.7.